The second kappa shape index (κ2) is 11.2. The number of aromatic nitrogens is 6. The molecular weight excluding hydrogens is 552 g/mol. The number of para-hydroxylation sites is 2. The van der Waals surface area contributed by atoms with Crippen molar-refractivity contribution < 1.29 is 9.59 Å². The lowest BCUT2D eigenvalue weighted by molar-refractivity contribution is -0.123. The number of benzene rings is 3. The number of aromatic amines is 1. The van der Waals surface area contributed by atoms with E-state index in [1.807, 2.05) is 110 Å². The predicted octanol–water partition coefficient (Wildman–Crippen LogP) is 5.32. The quantitative estimate of drug-likeness (QED) is 0.273. The van der Waals surface area contributed by atoms with Gasteiger partial charge in [0.2, 0.25) is 11.8 Å². The number of carbonyl (C=O) groups excluding carboxylic acids is 2. The Morgan fingerprint density at radius 1 is 0.886 bits per heavy atom. The topological polar surface area (TPSA) is 113 Å². The number of fused-ring (bicyclic) bond motifs is 4. The molecule has 1 aliphatic heterocycles. The lowest BCUT2D eigenvalue weighted by atomic mass is 9.96. The van der Waals surface area contributed by atoms with Crippen LogP contribution in [0.25, 0.3) is 28.0 Å². The van der Waals surface area contributed by atoms with E-state index in [1.165, 1.54) is 11.1 Å². The first-order valence-corrected chi connectivity index (χ1v) is 14.6. The first-order chi connectivity index (χ1) is 21.5. The highest BCUT2D eigenvalue weighted by Gasteiger charge is 2.40. The van der Waals surface area contributed by atoms with Crippen LogP contribution in [0.3, 0.4) is 0 Å². The minimum Gasteiger partial charge on any atom is -0.361 e. The van der Waals surface area contributed by atoms with Gasteiger partial charge in [-0.2, -0.15) is 10.2 Å². The van der Waals surface area contributed by atoms with Crippen molar-refractivity contribution in [2.24, 2.45) is 0 Å². The Kier molecular flexibility index (Phi) is 6.94. The van der Waals surface area contributed by atoms with Crippen LogP contribution in [0.2, 0.25) is 0 Å². The van der Waals surface area contributed by atoms with Crippen LogP contribution >= 0.6 is 0 Å². The van der Waals surface area contributed by atoms with E-state index in [1.54, 1.807) is 11.1 Å². The highest BCUT2D eigenvalue weighted by molar-refractivity contribution is 6.07. The summed E-state index contributed by atoms with van der Waals surface area (Å²) in [4.78, 5) is 35.4. The molecular formula is C34H30N8O2. The summed E-state index contributed by atoms with van der Waals surface area (Å²) in [6.45, 7) is 3.73. The molecule has 1 N–H and O–H groups in total. The van der Waals surface area contributed by atoms with Crippen LogP contribution in [0.5, 0.6) is 0 Å². The summed E-state index contributed by atoms with van der Waals surface area (Å²) in [5.41, 5.74) is 4.60. The van der Waals surface area contributed by atoms with Crippen molar-refractivity contribution in [2.75, 3.05) is 16.3 Å². The lowest BCUT2D eigenvalue weighted by Gasteiger charge is -2.31. The third-order valence-electron chi connectivity index (χ3n) is 8.03. The second-order valence-electron chi connectivity index (χ2n) is 11.1. The Labute approximate surface area is 254 Å². The maximum atomic E-state index is 14.8. The molecule has 3 aromatic carbocycles. The van der Waals surface area contributed by atoms with Crippen LogP contribution in [0, 0.1) is 0 Å². The Bertz CT molecular complexity index is 1970. The van der Waals surface area contributed by atoms with E-state index in [4.69, 9.17) is 0 Å². The Balaban J connectivity index is 1.38. The number of hydrogen-bond acceptors (Lipinski definition) is 6. The van der Waals surface area contributed by atoms with Gasteiger partial charge in [0.25, 0.3) is 0 Å². The summed E-state index contributed by atoms with van der Waals surface area (Å²) in [6, 6.07) is 27.1. The molecule has 3 aromatic heterocycles. The largest absolute Gasteiger partial charge is 0.361 e. The molecule has 0 fully saturated rings. The number of amides is 2. The molecule has 0 spiro atoms. The van der Waals surface area contributed by atoms with Gasteiger partial charge in [-0.05, 0) is 44.0 Å². The maximum absolute atomic E-state index is 14.8. The van der Waals surface area contributed by atoms with E-state index in [2.05, 4.69) is 25.4 Å². The van der Waals surface area contributed by atoms with Gasteiger partial charge in [-0.15, -0.1) is 10.2 Å². The smallest absolute Gasteiger partial charge is 0.247 e. The van der Waals surface area contributed by atoms with Gasteiger partial charge in [-0.1, -0.05) is 66.7 Å². The van der Waals surface area contributed by atoms with Gasteiger partial charge >= 0.3 is 0 Å². The molecule has 44 heavy (non-hydrogen) atoms. The van der Waals surface area contributed by atoms with Gasteiger partial charge in [-0.3, -0.25) is 19.1 Å². The highest BCUT2D eigenvalue weighted by atomic mass is 16.2. The number of H-pyrrole nitrogens is 1. The van der Waals surface area contributed by atoms with Crippen molar-refractivity contribution in [1.29, 1.82) is 0 Å². The van der Waals surface area contributed by atoms with Crippen molar-refractivity contribution >= 4 is 34.1 Å². The van der Waals surface area contributed by atoms with Crippen molar-refractivity contribution in [3.8, 4) is 17.1 Å². The molecule has 218 valence electrons. The molecule has 6 aromatic rings. The van der Waals surface area contributed by atoms with Gasteiger partial charge in [0.1, 0.15) is 12.5 Å². The fourth-order valence-corrected chi connectivity index (χ4v) is 6.03. The molecule has 0 saturated carbocycles. The van der Waals surface area contributed by atoms with E-state index in [0.717, 1.165) is 27.7 Å². The minimum atomic E-state index is -0.747. The standard InChI is InChI=1S/C34H30N8O2/c1-22(2)41(25-13-7-4-8-14-25)31(43)21-40-29-19-36-37-20-30(29)42-32(23-11-5-3-6-12-23)38-39-33(42)27(34(40)44)17-24-18-35-28-16-10-9-15-26(24)28/h3-16,18-20,22,27,35H,17,21H2,1-2H3. The van der Waals surface area contributed by atoms with Gasteiger partial charge in [-0.25, -0.2) is 0 Å². The van der Waals surface area contributed by atoms with Crippen molar-refractivity contribution in [2.45, 2.75) is 32.2 Å². The van der Waals surface area contributed by atoms with Gasteiger partial charge in [0.05, 0.1) is 23.8 Å². The number of anilines is 2. The highest BCUT2D eigenvalue weighted by Crippen LogP contribution is 2.38. The molecule has 0 bridgehead atoms. The van der Waals surface area contributed by atoms with E-state index in [0.29, 0.717) is 29.4 Å². The summed E-state index contributed by atoms with van der Waals surface area (Å²) < 4.78 is 1.89. The van der Waals surface area contributed by atoms with Crippen molar-refractivity contribution in [3.05, 3.63) is 115 Å². The second-order valence-corrected chi connectivity index (χ2v) is 11.1. The molecule has 0 aliphatic carbocycles. The van der Waals surface area contributed by atoms with Crippen LogP contribution in [-0.4, -0.2) is 54.3 Å². The fourth-order valence-electron chi connectivity index (χ4n) is 6.03. The zero-order chi connectivity index (χ0) is 30.2. The third-order valence-corrected chi connectivity index (χ3v) is 8.03. The summed E-state index contributed by atoms with van der Waals surface area (Å²) in [7, 11) is 0. The Morgan fingerprint density at radius 2 is 1.57 bits per heavy atom. The molecule has 7 rings (SSSR count). The van der Waals surface area contributed by atoms with Crippen LogP contribution in [-0.2, 0) is 16.0 Å². The number of nitrogens with one attached hydrogen (secondary N) is 1. The minimum absolute atomic E-state index is 0.131. The number of hydrogen-bond donors (Lipinski definition) is 1. The van der Waals surface area contributed by atoms with E-state index < -0.39 is 5.92 Å². The van der Waals surface area contributed by atoms with Crippen LogP contribution < -0.4 is 9.80 Å². The van der Waals surface area contributed by atoms with Gasteiger partial charge in [0.15, 0.2) is 11.6 Å². The average molecular weight is 583 g/mol. The van der Waals surface area contributed by atoms with Crippen molar-refractivity contribution in [1.82, 2.24) is 29.9 Å². The number of rotatable bonds is 7. The Morgan fingerprint density at radius 3 is 2.32 bits per heavy atom. The summed E-state index contributed by atoms with van der Waals surface area (Å²) in [5.74, 6) is -0.168. The first-order valence-electron chi connectivity index (χ1n) is 14.6. The lowest BCUT2D eigenvalue weighted by Crippen LogP contribution is -2.47. The summed E-state index contributed by atoms with van der Waals surface area (Å²) in [5, 5.41) is 18.5. The maximum Gasteiger partial charge on any atom is 0.247 e. The van der Waals surface area contributed by atoms with Gasteiger partial charge in [0, 0.05) is 34.4 Å². The monoisotopic (exact) mass is 582 g/mol. The SMILES string of the molecule is CC(C)N(C(=O)CN1C(=O)C(Cc2c[nH]c3ccccc23)c2nnc(-c3ccccc3)n2-c2cnncc21)c1ccccc1. The molecule has 1 aliphatic rings. The van der Waals surface area contributed by atoms with E-state index >= 15 is 0 Å². The van der Waals surface area contributed by atoms with E-state index in [9.17, 15) is 9.59 Å². The normalized spacial score (nSPS) is 14.4. The summed E-state index contributed by atoms with van der Waals surface area (Å²) >= 11 is 0. The third kappa shape index (κ3) is 4.70. The molecule has 0 radical (unpaired) electrons. The molecule has 1 unspecified atom stereocenters. The van der Waals surface area contributed by atoms with Crippen LogP contribution in [0.1, 0.15) is 31.2 Å². The fraction of sp³-hybridized carbons (Fsp3) is 0.176. The van der Waals surface area contributed by atoms with Crippen molar-refractivity contribution in [3.63, 3.8) is 0 Å². The predicted molar refractivity (Wildman–Crippen MR) is 169 cm³/mol. The molecule has 2 amide bonds. The molecule has 1 atom stereocenters. The average Bonchev–Trinajstić information content (AvgIpc) is 3.65. The number of carbonyl (C=O) groups is 2. The zero-order valence-corrected chi connectivity index (χ0v) is 24.3. The van der Waals surface area contributed by atoms with Gasteiger partial charge < -0.3 is 9.88 Å². The molecule has 10 heteroatoms. The molecule has 4 heterocycles. The summed E-state index contributed by atoms with van der Waals surface area (Å²) in [6.07, 6.45) is 5.42. The molecule has 10 nitrogen and oxygen atoms in total. The zero-order valence-electron chi connectivity index (χ0n) is 24.3. The number of nitrogens with zero attached hydrogens (tertiary/aromatic N) is 7. The molecule has 0 saturated heterocycles. The Hall–Kier alpha value is -5.64. The first kappa shape index (κ1) is 27.2. The van der Waals surface area contributed by atoms with E-state index in [-0.39, 0.29) is 24.4 Å². The van der Waals surface area contributed by atoms with Crippen LogP contribution in [0.15, 0.2) is 104 Å². The van der Waals surface area contributed by atoms with Crippen LogP contribution in [0.4, 0.5) is 11.4 Å².